The molecule has 0 aromatic carbocycles. The van der Waals surface area contributed by atoms with Gasteiger partial charge in [-0.2, -0.15) is 0 Å². The molecule has 0 radical (unpaired) electrons. The van der Waals surface area contributed by atoms with E-state index in [1.165, 1.54) is 0 Å². The lowest BCUT2D eigenvalue weighted by molar-refractivity contribution is -0.248. The number of ether oxygens (including phenoxy) is 2. The van der Waals surface area contributed by atoms with E-state index in [2.05, 4.69) is 13.8 Å². The molecule has 0 saturated heterocycles. The van der Waals surface area contributed by atoms with Crippen LogP contribution in [0.2, 0.25) is 0 Å². The SMILES string of the molecule is CCCCOC(CCCC)(OCCCC)C(=O)O. The van der Waals surface area contributed by atoms with Crippen LogP contribution < -0.4 is 0 Å². The van der Waals surface area contributed by atoms with E-state index in [9.17, 15) is 9.90 Å². The minimum Gasteiger partial charge on any atom is -0.477 e. The highest BCUT2D eigenvalue weighted by atomic mass is 16.7. The average molecular weight is 260 g/mol. The first kappa shape index (κ1) is 17.4. The molecule has 0 spiro atoms. The Bertz CT molecular complexity index is 206. The van der Waals surface area contributed by atoms with Gasteiger partial charge in [0.15, 0.2) is 0 Å². The van der Waals surface area contributed by atoms with Crippen LogP contribution in [-0.4, -0.2) is 30.1 Å². The molecule has 0 saturated carbocycles. The van der Waals surface area contributed by atoms with Crippen molar-refractivity contribution >= 4 is 5.97 Å². The Morgan fingerprint density at radius 3 is 1.72 bits per heavy atom. The van der Waals surface area contributed by atoms with E-state index in [1.54, 1.807) is 0 Å². The number of hydrogen-bond acceptors (Lipinski definition) is 3. The highest BCUT2D eigenvalue weighted by molar-refractivity contribution is 5.75. The molecule has 0 aliphatic heterocycles. The van der Waals surface area contributed by atoms with Gasteiger partial charge in [-0.25, -0.2) is 4.79 Å². The molecule has 0 fully saturated rings. The second kappa shape index (κ2) is 10.3. The second-order valence-corrected chi connectivity index (χ2v) is 4.57. The molecule has 0 bridgehead atoms. The lowest BCUT2D eigenvalue weighted by Gasteiger charge is -2.29. The second-order valence-electron chi connectivity index (χ2n) is 4.57. The molecule has 0 aliphatic carbocycles. The molecule has 4 nitrogen and oxygen atoms in total. The summed E-state index contributed by atoms with van der Waals surface area (Å²) in [6.45, 7) is 7.02. The summed E-state index contributed by atoms with van der Waals surface area (Å²) in [5.74, 6) is -2.43. The first-order valence-electron chi connectivity index (χ1n) is 7.14. The van der Waals surface area contributed by atoms with Gasteiger partial charge in [-0.3, -0.25) is 0 Å². The summed E-state index contributed by atoms with van der Waals surface area (Å²) in [4.78, 5) is 11.5. The Balaban J connectivity index is 4.51. The molecule has 0 rings (SSSR count). The third kappa shape index (κ3) is 6.36. The monoisotopic (exact) mass is 260 g/mol. The van der Waals surface area contributed by atoms with Gasteiger partial charge in [0.05, 0.1) is 13.2 Å². The molecular formula is C14H28O4. The molecule has 0 aromatic rings. The van der Waals surface area contributed by atoms with Crippen molar-refractivity contribution in [1.82, 2.24) is 0 Å². The van der Waals surface area contributed by atoms with Crippen molar-refractivity contribution in [2.75, 3.05) is 13.2 Å². The highest BCUT2D eigenvalue weighted by Gasteiger charge is 2.40. The first-order valence-corrected chi connectivity index (χ1v) is 7.14. The largest absolute Gasteiger partial charge is 0.477 e. The zero-order valence-electron chi connectivity index (χ0n) is 12.0. The number of carbonyl (C=O) groups is 1. The third-order valence-electron chi connectivity index (χ3n) is 2.85. The summed E-state index contributed by atoms with van der Waals surface area (Å²) < 4.78 is 11.1. The maximum absolute atomic E-state index is 11.5. The molecular weight excluding hydrogens is 232 g/mol. The summed E-state index contributed by atoms with van der Waals surface area (Å²) in [6, 6.07) is 0. The van der Waals surface area contributed by atoms with E-state index < -0.39 is 11.8 Å². The van der Waals surface area contributed by atoms with E-state index in [0.717, 1.165) is 38.5 Å². The molecule has 0 amide bonds. The average Bonchev–Trinajstić information content (AvgIpc) is 2.35. The van der Waals surface area contributed by atoms with Gasteiger partial charge in [-0.1, -0.05) is 40.0 Å². The summed E-state index contributed by atoms with van der Waals surface area (Å²) in [5, 5.41) is 9.40. The number of carboxylic acids is 1. The van der Waals surface area contributed by atoms with Crippen molar-refractivity contribution in [2.45, 2.75) is 71.5 Å². The van der Waals surface area contributed by atoms with E-state index in [0.29, 0.717) is 19.6 Å². The van der Waals surface area contributed by atoms with Gasteiger partial charge in [0.2, 0.25) is 0 Å². The maximum atomic E-state index is 11.5. The zero-order valence-corrected chi connectivity index (χ0v) is 12.0. The fourth-order valence-corrected chi connectivity index (χ4v) is 1.59. The number of aliphatic carboxylic acids is 1. The van der Waals surface area contributed by atoms with Crippen molar-refractivity contribution in [1.29, 1.82) is 0 Å². The van der Waals surface area contributed by atoms with Crippen molar-refractivity contribution < 1.29 is 19.4 Å². The van der Waals surface area contributed by atoms with Crippen molar-refractivity contribution in [3.05, 3.63) is 0 Å². The van der Waals surface area contributed by atoms with Gasteiger partial charge >= 0.3 is 5.97 Å². The van der Waals surface area contributed by atoms with Crippen LogP contribution in [0.3, 0.4) is 0 Å². The van der Waals surface area contributed by atoms with Gasteiger partial charge in [-0.05, 0) is 19.3 Å². The van der Waals surface area contributed by atoms with Crippen LogP contribution >= 0.6 is 0 Å². The van der Waals surface area contributed by atoms with E-state index in [4.69, 9.17) is 9.47 Å². The van der Waals surface area contributed by atoms with Crippen LogP contribution in [-0.2, 0) is 14.3 Å². The van der Waals surface area contributed by atoms with Crippen LogP contribution in [0.5, 0.6) is 0 Å². The summed E-state index contributed by atoms with van der Waals surface area (Å²) in [7, 11) is 0. The van der Waals surface area contributed by atoms with E-state index in [1.807, 2.05) is 6.92 Å². The highest BCUT2D eigenvalue weighted by Crippen LogP contribution is 2.23. The van der Waals surface area contributed by atoms with Crippen molar-refractivity contribution in [3.63, 3.8) is 0 Å². The van der Waals surface area contributed by atoms with Crippen molar-refractivity contribution in [2.24, 2.45) is 0 Å². The fraction of sp³-hybridized carbons (Fsp3) is 0.929. The normalized spacial score (nSPS) is 11.7. The Kier molecular flexibility index (Phi) is 9.98. The Hall–Kier alpha value is -0.610. The van der Waals surface area contributed by atoms with E-state index in [-0.39, 0.29) is 0 Å². The Morgan fingerprint density at radius 2 is 1.39 bits per heavy atom. The zero-order chi connectivity index (χ0) is 13.9. The molecule has 0 aromatic heterocycles. The molecule has 0 atom stereocenters. The lowest BCUT2D eigenvalue weighted by Crippen LogP contribution is -2.45. The topological polar surface area (TPSA) is 55.8 Å². The van der Waals surface area contributed by atoms with E-state index >= 15 is 0 Å². The fourth-order valence-electron chi connectivity index (χ4n) is 1.59. The minimum atomic E-state index is -1.43. The van der Waals surface area contributed by atoms with Crippen LogP contribution in [0.25, 0.3) is 0 Å². The lowest BCUT2D eigenvalue weighted by atomic mass is 10.1. The first-order chi connectivity index (χ1) is 8.63. The Morgan fingerprint density at radius 1 is 0.944 bits per heavy atom. The molecule has 108 valence electrons. The Labute approximate surface area is 111 Å². The number of carboxylic acid groups (broad SMARTS) is 1. The number of unbranched alkanes of at least 4 members (excludes halogenated alkanes) is 3. The van der Waals surface area contributed by atoms with Gasteiger partial charge in [0, 0.05) is 6.42 Å². The molecule has 4 heteroatoms. The maximum Gasteiger partial charge on any atom is 0.364 e. The van der Waals surface area contributed by atoms with Gasteiger partial charge < -0.3 is 14.6 Å². The summed E-state index contributed by atoms with van der Waals surface area (Å²) in [5.41, 5.74) is 0. The van der Waals surface area contributed by atoms with Crippen LogP contribution in [0.15, 0.2) is 0 Å². The summed E-state index contributed by atoms with van der Waals surface area (Å²) in [6.07, 6.45) is 5.84. The molecule has 0 aliphatic rings. The number of hydrogen-bond donors (Lipinski definition) is 1. The van der Waals surface area contributed by atoms with Gasteiger partial charge in [0.25, 0.3) is 5.79 Å². The molecule has 18 heavy (non-hydrogen) atoms. The van der Waals surface area contributed by atoms with Crippen LogP contribution in [0.4, 0.5) is 0 Å². The van der Waals surface area contributed by atoms with Gasteiger partial charge in [-0.15, -0.1) is 0 Å². The quantitative estimate of drug-likeness (QED) is 0.430. The third-order valence-corrected chi connectivity index (χ3v) is 2.85. The summed E-state index contributed by atoms with van der Waals surface area (Å²) >= 11 is 0. The predicted molar refractivity (Wildman–Crippen MR) is 71.6 cm³/mol. The molecule has 1 N–H and O–H groups in total. The predicted octanol–water partition coefficient (Wildman–Crippen LogP) is 3.59. The number of rotatable bonds is 12. The standard InChI is InChI=1S/C14H28O4/c1-4-7-10-14(13(15)16,17-11-8-5-2)18-12-9-6-3/h4-12H2,1-3H3,(H,15,16). The van der Waals surface area contributed by atoms with Crippen LogP contribution in [0.1, 0.15) is 65.7 Å². The van der Waals surface area contributed by atoms with Crippen LogP contribution in [0, 0.1) is 0 Å². The smallest absolute Gasteiger partial charge is 0.364 e. The molecule has 0 heterocycles. The van der Waals surface area contributed by atoms with Gasteiger partial charge in [0.1, 0.15) is 0 Å². The molecule has 0 unspecified atom stereocenters. The van der Waals surface area contributed by atoms with Crippen molar-refractivity contribution in [3.8, 4) is 0 Å². The minimum absolute atomic E-state index is 0.423.